The minimum absolute atomic E-state index is 0.121. The van der Waals surface area contributed by atoms with Crippen LogP contribution in [0.1, 0.15) is 22.3 Å². The Morgan fingerprint density at radius 2 is 1.94 bits per heavy atom. The van der Waals surface area contributed by atoms with Crippen LogP contribution in [0.25, 0.3) is 0 Å². The number of amidine groups is 1. The number of carbonyl (C=O) groups excluding carboxylic acids is 1. The van der Waals surface area contributed by atoms with E-state index in [1.54, 1.807) is 18.2 Å². The third-order valence-electron chi connectivity index (χ3n) is 4.98. The molecule has 9 nitrogen and oxygen atoms in total. The SMILES string of the molecule is N=CN(C=N)c1ccc(C(=O)NC2CCN(c3cc(Cl)cc(C(=N)N)c3O)C2)c(Cl)c1. The van der Waals surface area contributed by atoms with Crippen LogP contribution in [0, 0.1) is 16.2 Å². The van der Waals surface area contributed by atoms with Crippen LogP contribution in [0.5, 0.6) is 5.75 Å². The fourth-order valence-electron chi connectivity index (χ4n) is 3.43. The van der Waals surface area contributed by atoms with E-state index in [1.807, 2.05) is 4.90 Å². The number of halogens is 2. The number of rotatable bonds is 7. The van der Waals surface area contributed by atoms with E-state index in [1.165, 1.54) is 17.0 Å². The number of nitrogens with zero attached hydrogens (tertiary/aromatic N) is 2. The van der Waals surface area contributed by atoms with Crippen LogP contribution in [-0.2, 0) is 0 Å². The van der Waals surface area contributed by atoms with Crippen LogP contribution in [0.15, 0.2) is 30.3 Å². The fourth-order valence-corrected chi connectivity index (χ4v) is 3.90. The van der Waals surface area contributed by atoms with Gasteiger partial charge in [-0.25, -0.2) is 0 Å². The zero-order chi connectivity index (χ0) is 22.7. The van der Waals surface area contributed by atoms with Crippen molar-refractivity contribution in [1.29, 1.82) is 16.2 Å². The second-order valence-corrected chi connectivity index (χ2v) is 7.81. The third-order valence-corrected chi connectivity index (χ3v) is 5.51. The molecule has 1 atom stereocenters. The van der Waals surface area contributed by atoms with Gasteiger partial charge in [-0.05, 0) is 36.8 Å². The molecule has 0 saturated carbocycles. The number of phenolic OH excluding ortho intramolecular Hbond substituents is 1. The van der Waals surface area contributed by atoms with Crippen molar-refractivity contribution in [3.63, 3.8) is 0 Å². The standard InChI is InChI=1S/C20H21Cl2N7O2/c21-11-5-15(19(25)26)18(30)17(6-11)28-4-3-12(8-28)27-20(31)14-2-1-13(7-16(14)22)29(9-23)10-24/h1-2,5-7,9-10,12,23-24,30H,3-4,8H2,(H3,25,26)(H,27,31). The molecule has 1 aliphatic rings. The van der Waals surface area contributed by atoms with E-state index in [9.17, 15) is 9.90 Å². The maximum Gasteiger partial charge on any atom is 0.253 e. The lowest BCUT2D eigenvalue weighted by Gasteiger charge is -2.22. The molecule has 31 heavy (non-hydrogen) atoms. The van der Waals surface area contributed by atoms with Gasteiger partial charge in [0.1, 0.15) is 11.6 Å². The summed E-state index contributed by atoms with van der Waals surface area (Å²) < 4.78 is 0. The van der Waals surface area contributed by atoms with E-state index in [4.69, 9.17) is 45.2 Å². The van der Waals surface area contributed by atoms with Gasteiger partial charge in [0.2, 0.25) is 0 Å². The summed E-state index contributed by atoms with van der Waals surface area (Å²) in [5.74, 6) is -0.753. The first-order valence-corrected chi connectivity index (χ1v) is 10.0. The van der Waals surface area contributed by atoms with Crippen LogP contribution in [-0.4, -0.2) is 48.7 Å². The van der Waals surface area contributed by atoms with Gasteiger partial charge in [0.05, 0.1) is 34.5 Å². The fraction of sp³-hybridized carbons (Fsp3) is 0.200. The summed E-state index contributed by atoms with van der Waals surface area (Å²) in [4.78, 5) is 15.8. The van der Waals surface area contributed by atoms with Gasteiger partial charge < -0.3 is 21.1 Å². The zero-order valence-electron chi connectivity index (χ0n) is 16.3. The monoisotopic (exact) mass is 461 g/mol. The van der Waals surface area contributed by atoms with Crippen LogP contribution >= 0.6 is 23.2 Å². The van der Waals surface area contributed by atoms with Crippen LogP contribution in [0.3, 0.4) is 0 Å². The maximum atomic E-state index is 12.7. The Balaban J connectivity index is 1.72. The molecule has 3 rings (SSSR count). The topological polar surface area (TPSA) is 153 Å². The molecule has 1 unspecified atom stereocenters. The summed E-state index contributed by atoms with van der Waals surface area (Å²) in [5, 5.41) is 36.1. The number of anilines is 2. The molecular weight excluding hydrogens is 441 g/mol. The Morgan fingerprint density at radius 3 is 2.55 bits per heavy atom. The average Bonchev–Trinajstić information content (AvgIpc) is 3.18. The van der Waals surface area contributed by atoms with Crippen LogP contribution in [0.4, 0.5) is 11.4 Å². The molecule has 1 aliphatic heterocycles. The van der Waals surface area contributed by atoms with Crippen molar-refractivity contribution < 1.29 is 9.90 Å². The Kier molecular flexibility index (Phi) is 6.67. The molecule has 2 aromatic rings. The highest BCUT2D eigenvalue weighted by molar-refractivity contribution is 6.34. The van der Waals surface area contributed by atoms with E-state index in [-0.39, 0.29) is 39.7 Å². The lowest BCUT2D eigenvalue weighted by atomic mass is 10.1. The van der Waals surface area contributed by atoms with Crippen molar-refractivity contribution in [3.8, 4) is 5.75 Å². The van der Waals surface area contributed by atoms with Crippen molar-refractivity contribution in [2.75, 3.05) is 22.9 Å². The molecule has 1 fully saturated rings. The summed E-state index contributed by atoms with van der Waals surface area (Å²) >= 11 is 12.4. The number of nitrogens with two attached hydrogens (primary N) is 1. The lowest BCUT2D eigenvalue weighted by Crippen LogP contribution is -2.37. The molecule has 162 valence electrons. The molecule has 1 heterocycles. The Labute approximate surface area is 188 Å². The summed E-state index contributed by atoms with van der Waals surface area (Å²) in [6, 6.07) is 7.50. The van der Waals surface area contributed by atoms with Crippen molar-refractivity contribution in [1.82, 2.24) is 5.32 Å². The average molecular weight is 462 g/mol. The van der Waals surface area contributed by atoms with Crippen molar-refractivity contribution >= 4 is 59.0 Å². The minimum Gasteiger partial charge on any atom is -0.505 e. The number of nitrogen functional groups attached to an aromatic ring is 1. The van der Waals surface area contributed by atoms with Gasteiger partial charge in [-0.2, -0.15) is 0 Å². The first-order chi connectivity index (χ1) is 14.7. The van der Waals surface area contributed by atoms with Gasteiger partial charge in [0.25, 0.3) is 5.91 Å². The lowest BCUT2D eigenvalue weighted by molar-refractivity contribution is 0.0940. The van der Waals surface area contributed by atoms with Gasteiger partial charge in [-0.3, -0.25) is 25.9 Å². The minimum atomic E-state index is -0.348. The Morgan fingerprint density at radius 1 is 1.23 bits per heavy atom. The first kappa shape index (κ1) is 22.4. The first-order valence-electron chi connectivity index (χ1n) is 9.27. The second kappa shape index (κ2) is 9.23. The van der Waals surface area contributed by atoms with Gasteiger partial charge in [-0.1, -0.05) is 23.2 Å². The van der Waals surface area contributed by atoms with Gasteiger partial charge in [0, 0.05) is 29.8 Å². The highest BCUT2D eigenvalue weighted by atomic mass is 35.5. The second-order valence-electron chi connectivity index (χ2n) is 6.97. The molecule has 7 N–H and O–H groups in total. The summed E-state index contributed by atoms with van der Waals surface area (Å²) in [6.07, 6.45) is 2.57. The number of hydrogen-bond donors (Lipinski definition) is 6. The molecule has 1 amide bonds. The van der Waals surface area contributed by atoms with Crippen molar-refractivity contribution in [3.05, 3.63) is 51.5 Å². The van der Waals surface area contributed by atoms with Gasteiger partial charge in [-0.15, -0.1) is 0 Å². The number of aromatic hydroxyl groups is 1. The molecule has 0 aliphatic carbocycles. The highest BCUT2D eigenvalue weighted by Gasteiger charge is 2.28. The molecular formula is C20H21Cl2N7O2. The van der Waals surface area contributed by atoms with E-state index in [2.05, 4.69) is 5.32 Å². The molecule has 2 aromatic carbocycles. The van der Waals surface area contributed by atoms with Crippen molar-refractivity contribution in [2.24, 2.45) is 5.73 Å². The number of phenols is 1. The summed E-state index contributed by atoms with van der Waals surface area (Å²) in [6.45, 7) is 0.999. The molecule has 0 spiro atoms. The number of benzene rings is 2. The molecule has 11 heteroatoms. The Hall–Kier alpha value is -3.30. The number of hydrogen-bond acceptors (Lipinski definition) is 6. The molecule has 1 saturated heterocycles. The largest absolute Gasteiger partial charge is 0.505 e. The third kappa shape index (κ3) is 4.73. The molecule has 0 radical (unpaired) electrons. The molecule has 0 aromatic heterocycles. The Bertz CT molecular complexity index is 1050. The van der Waals surface area contributed by atoms with Crippen LogP contribution in [0.2, 0.25) is 10.0 Å². The number of amides is 1. The van der Waals surface area contributed by atoms with E-state index >= 15 is 0 Å². The zero-order valence-corrected chi connectivity index (χ0v) is 17.8. The van der Waals surface area contributed by atoms with Gasteiger partial charge in [0.15, 0.2) is 0 Å². The van der Waals surface area contributed by atoms with E-state index in [0.717, 1.165) is 12.7 Å². The molecule has 0 bridgehead atoms. The van der Waals surface area contributed by atoms with Gasteiger partial charge >= 0.3 is 0 Å². The number of carbonyl (C=O) groups is 1. The number of nitrogens with one attached hydrogen (secondary N) is 4. The smallest absolute Gasteiger partial charge is 0.253 e. The highest BCUT2D eigenvalue weighted by Crippen LogP contribution is 2.36. The van der Waals surface area contributed by atoms with E-state index < -0.39 is 0 Å². The van der Waals surface area contributed by atoms with E-state index in [0.29, 0.717) is 35.9 Å². The predicted molar refractivity (Wildman–Crippen MR) is 124 cm³/mol. The normalized spacial score (nSPS) is 15.4. The predicted octanol–water partition coefficient (Wildman–Crippen LogP) is 3.01. The maximum absolute atomic E-state index is 12.7. The quantitative estimate of drug-likeness (QED) is 0.276. The summed E-state index contributed by atoms with van der Waals surface area (Å²) in [7, 11) is 0. The van der Waals surface area contributed by atoms with Crippen molar-refractivity contribution in [2.45, 2.75) is 12.5 Å². The van der Waals surface area contributed by atoms with Crippen LogP contribution < -0.4 is 20.9 Å². The summed E-state index contributed by atoms with van der Waals surface area (Å²) in [5.41, 5.74) is 6.91.